The third kappa shape index (κ3) is 3.27. The largest absolute Gasteiger partial charge is 0.495 e. The molecule has 4 nitrogen and oxygen atoms in total. The van der Waals surface area contributed by atoms with Crippen molar-refractivity contribution < 1.29 is 9.53 Å². The van der Waals surface area contributed by atoms with E-state index in [2.05, 4.69) is 12.2 Å². The topological polar surface area (TPSA) is 41.9 Å². The van der Waals surface area contributed by atoms with Gasteiger partial charge >= 0.3 is 0 Å². The lowest BCUT2D eigenvalue weighted by molar-refractivity contribution is -0.140. The maximum absolute atomic E-state index is 13.1. The minimum absolute atomic E-state index is 0.0112. The highest BCUT2D eigenvalue weighted by atomic mass is 35.5. The summed E-state index contributed by atoms with van der Waals surface area (Å²) in [5.74, 6) is 3.17. The number of hydrogen-bond donors (Lipinski definition) is 0. The zero-order valence-corrected chi connectivity index (χ0v) is 16.4. The molecule has 1 aromatic carbocycles. The molecule has 1 fully saturated rings. The van der Waals surface area contributed by atoms with Gasteiger partial charge in [-0.2, -0.15) is 16.9 Å². The molecule has 0 aromatic heterocycles. The second kappa shape index (κ2) is 7.65. The van der Waals surface area contributed by atoms with Gasteiger partial charge in [0.1, 0.15) is 5.75 Å². The highest BCUT2D eigenvalue weighted by Gasteiger charge is 2.42. The van der Waals surface area contributed by atoms with Gasteiger partial charge in [-0.15, -0.1) is 0 Å². The molecule has 2 heterocycles. The molecule has 0 N–H and O–H groups in total. The molecule has 1 aromatic rings. The maximum Gasteiger partial charge on any atom is 0.247 e. The van der Waals surface area contributed by atoms with Gasteiger partial charge in [0.15, 0.2) is 0 Å². The number of ether oxygens (including phenoxy) is 1. The Morgan fingerprint density at radius 1 is 1.19 bits per heavy atom. The fourth-order valence-corrected chi connectivity index (χ4v) is 5.43. The summed E-state index contributed by atoms with van der Waals surface area (Å²) in [6.45, 7) is 0. The molecule has 6 heteroatoms. The van der Waals surface area contributed by atoms with E-state index < -0.39 is 0 Å². The van der Waals surface area contributed by atoms with Crippen molar-refractivity contribution in [3.05, 3.63) is 40.9 Å². The van der Waals surface area contributed by atoms with Crippen LogP contribution in [0.25, 0.3) is 0 Å². The molecule has 0 bridgehead atoms. The smallest absolute Gasteiger partial charge is 0.247 e. The van der Waals surface area contributed by atoms with E-state index in [1.54, 1.807) is 12.1 Å². The number of hydrogen-bond acceptors (Lipinski definition) is 4. The van der Waals surface area contributed by atoms with E-state index in [9.17, 15) is 4.79 Å². The van der Waals surface area contributed by atoms with Gasteiger partial charge in [-0.25, -0.2) is 5.01 Å². The van der Waals surface area contributed by atoms with Gasteiger partial charge in [0.25, 0.3) is 0 Å². The SMILES string of the molecule is COc1ccc(C2=NN(C3CCSCC3)C(=O)[C@@H]3CC=CC[C@H]23)cc1Cl. The van der Waals surface area contributed by atoms with Crippen LogP contribution < -0.4 is 4.74 Å². The van der Waals surface area contributed by atoms with E-state index in [0.29, 0.717) is 10.8 Å². The molecule has 1 amide bonds. The molecule has 2 aliphatic heterocycles. The third-order valence-corrected chi connectivity index (χ3v) is 6.87. The van der Waals surface area contributed by atoms with Crippen LogP contribution >= 0.6 is 23.4 Å². The van der Waals surface area contributed by atoms with Gasteiger partial charge in [0.2, 0.25) is 5.91 Å². The molecule has 2 atom stereocenters. The third-order valence-electron chi connectivity index (χ3n) is 5.53. The lowest BCUT2D eigenvalue weighted by Crippen LogP contribution is -2.50. The Hall–Kier alpha value is -1.46. The molecule has 1 saturated heterocycles. The fourth-order valence-electron chi connectivity index (χ4n) is 4.09. The summed E-state index contributed by atoms with van der Waals surface area (Å²) >= 11 is 8.32. The van der Waals surface area contributed by atoms with Crippen molar-refractivity contribution in [2.24, 2.45) is 16.9 Å². The summed E-state index contributed by atoms with van der Waals surface area (Å²) in [5.41, 5.74) is 1.98. The standard InChI is InChI=1S/C20H23ClN2O2S/c1-25-18-7-6-13(12-17(18)21)19-15-4-2-3-5-16(15)20(24)23(22-19)14-8-10-26-11-9-14/h2-3,6-7,12,14-16H,4-5,8-11H2,1H3/t15-,16+/m0/s1. The Balaban J connectivity index is 1.74. The lowest BCUT2D eigenvalue weighted by Gasteiger charge is -2.41. The average Bonchev–Trinajstić information content (AvgIpc) is 2.69. The Kier molecular flexibility index (Phi) is 5.28. The molecule has 0 spiro atoms. The zero-order chi connectivity index (χ0) is 18.1. The van der Waals surface area contributed by atoms with Gasteiger partial charge in [-0.1, -0.05) is 23.8 Å². The molecule has 0 radical (unpaired) electrons. The Morgan fingerprint density at radius 2 is 1.92 bits per heavy atom. The fraction of sp³-hybridized carbons (Fsp3) is 0.500. The van der Waals surface area contributed by atoms with E-state index in [1.807, 2.05) is 30.0 Å². The number of thioether (sulfide) groups is 1. The van der Waals surface area contributed by atoms with Crippen molar-refractivity contribution in [1.29, 1.82) is 0 Å². The second-order valence-corrected chi connectivity index (χ2v) is 8.65. The van der Waals surface area contributed by atoms with Crippen LogP contribution in [0.15, 0.2) is 35.5 Å². The number of carbonyl (C=O) groups is 1. The van der Waals surface area contributed by atoms with Crippen LogP contribution in [0.1, 0.15) is 31.2 Å². The predicted molar refractivity (Wildman–Crippen MR) is 107 cm³/mol. The number of fused-ring (bicyclic) bond motifs is 1. The average molecular weight is 391 g/mol. The first-order valence-corrected chi connectivity index (χ1v) is 10.7. The number of rotatable bonds is 3. The van der Waals surface area contributed by atoms with E-state index in [1.165, 1.54) is 0 Å². The summed E-state index contributed by atoms with van der Waals surface area (Å²) in [7, 11) is 1.61. The Morgan fingerprint density at radius 3 is 2.62 bits per heavy atom. The number of carbonyl (C=O) groups excluding carboxylic acids is 1. The Labute approximate surface area is 163 Å². The van der Waals surface area contributed by atoms with E-state index in [-0.39, 0.29) is 23.8 Å². The minimum Gasteiger partial charge on any atom is -0.495 e. The van der Waals surface area contributed by atoms with Gasteiger partial charge < -0.3 is 4.74 Å². The number of nitrogens with zero attached hydrogens (tertiary/aromatic N) is 2. The maximum atomic E-state index is 13.1. The number of methoxy groups -OCH3 is 1. The highest BCUT2D eigenvalue weighted by molar-refractivity contribution is 7.99. The predicted octanol–water partition coefficient (Wildman–Crippen LogP) is 4.37. The first kappa shape index (κ1) is 17.9. The molecule has 0 saturated carbocycles. The van der Waals surface area contributed by atoms with Crippen LogP contribution in [0.3, 0.4) is 0 Å². The molecular weight excluding hydrogens is 368 g/mol. The van der Waals surface area contributed by atoms with Gasteiger partial charge in [-0.05, 0) is 61.0 Å². The summed E-state index contributed by atoms with van der Waals surface area (Å²) in [6, 6.07) is 6.02. The van der Waals surface area contributed by atoms with Crippen molar-refractivity contribution in [1.82, 2.24) is 5.01 Å². The summed E-state index contributed by atoms with van der Waals surface area (Å²) in [6.07, 6.45) is 7.99. The molecule has 3 aliphatic rings. The van der Waals surface area contributed by atoms with Crippen molar-refractivity contribution in [3.8, 4) is 5.75 Å². The van der Waals surface area contributed by atoms with Crippen molar-refractivity contribution >= 4 is 35.0 Å². The van der Waals surface area contributed by atoms with Crippen LogP contribution in [-0.2, 0) is 4.79 Å². The zero-order valence-electron chi connectivity index (χ0n) is 14.9. The molecule has 0 unspecified atom stereocenters. The second-order valence-electron chi connectivity index (χ2n) is 7.02. The highest BCUT2D eigenvalue weighted by Crippen LogP contribution is 2.38. The first-order chi connectivity index (χ1) is 12.7. The molecule has 138 valence electrons. The van der Waals surface area contributed by atoms with Crippen LogP contribution in [0, 0.1) is 11.8 Å². The quantitative estimate of drug-likeness (QED) is 0.719. The number of halogens is 1. The normalized spacial score (nSPS) is 26.5. The number of benzene rings is 1. The van der Waals surface area contributed by atoms with Crippen LogP contribution in [0.4, 0.5) is 0 Å². The summed E-state index contributed by atoms with van der Waals surface area (Å²) < 4.78 is 5.28. The monoisotopic (exact) mass is 390 g/mol. The molecule has 26 heavy (non-hydrogen) atoms. The lowest BCUT2D eigenvalue weighted by atomic mass is 9.76. The number of hydrazone groups is 1. The van der Waals surface area contributed by atoms with Crippen LogP contribution in [-0.4, -0.2) is 41.3 Å². The Bertz CT molecular complexity index is 758. The number of allylic oxidation sites excluding steroid dienone is 2. The van der Waals surface area contributed by atoms with Gasteiger partial charge in [0, 0.05) is 5.92 Å². The minimum atomic E-state index is -0.0112. The summed E-state index contributed by atoms with van der Waals surface area (Å²) in [5, 5.41) is 7.27. The van der Waals surface area contributed by atoms with Crippen LogP contribution in [0.5, 0.6) is 5.75 Å². The number of amides is 1. The molecular formula is C20H23ClN2O2S. The first-order valence-electron chi connectivity index (χ1n) is 9.17. The van der Waals surface area contributed by atoms with Crippen LogP contribution in [0.2, 0.25) is 5.02 Å². The van der Waals surface area contributed by atoms with E-state index in [4.69, 9.17) is 21.4 Å². The van der Waals surface area contributed by atoms with Gasteiger partial charge in [-0.3, -0.25) is 4.79 Å². The summed E-state index contributed by atoms with van der Waals surface area (Å²) in [4.78, 5) is 13.1. The van der Waals surface area contributed by atoms with Crippen molar-refractivity contribution in [3.63, 3.8) is 0 Å². The van der Waals surface area contributed by atoms with E-state index >= 15 is 0 Å². The van der Waals surface area contributed by atoms with Crippen molar-refractivity contribution in [2.75, 3.05) is 18.6 Å². The van der Waals surface area contributed by atoms with Crippen molar-refractivity contribution in [2.45, 2.75) is 31.7 Å². The van der Waals surface area contributed by atoms with Gasteiger partial charge in [0.05, 0.1) is 29.8 Å². The molecule has 4 rings (SSSR count). The molecule has 1 aliphatic carbocycles. The van der Waals surface area contributed by atoms with E-state index in [0.717, 1.165) is 48.5 Å².